The zero-order valence-corrected chi connectivity index (χ0v) is 10.4. The lowest BCUT2D eigenvalue weighted by Crippen LogP contribution is -2.42. The van der Waals surface area contributed by atoms with Crippen molar-refractivity contribution in [2.24, 2.45) is 10.8 Å². The van der Waals surface area contributed by atoms with Crippen molar-refractivity contribution in [3.05, 3.63) is 0 Å². The van der Waals surface area contributed by atoms with E-state index in [2.05, 4.69) is 20.8 Å². The van der Waals surface area contributed by atoms with Gasteiger partial charge in [-0.3, -0.25) is 4.79 Å². The minimum Gasteiger partial charge on any atom is -0.469 e. The number of methoxy groups -OCH3 is 1. The molecule has 0 saturated carbocycles. The maximum Gasteiger partial charge on any atom is 0.312 e. The summed E-state index contributed by atoms with van der Waals surface area (Å²) in [5.74, 6) is -0.0848. The molecule has 0 aliphatic heterocycles. The molecule has 1 unspecified atom stereocenters. The Morgan fingerprint density at radius 2 is 1.71 bits per heavy atom. The third kappa shape index (κ3) is 2.28. The zero-order valence-electron chi connectivity index (χ0n) is 10.4. The van der Waals surface area contributed by atoms with Crippen molar-refractivity contribution in [2.45, 2.75) is 53.9 Å². The van der Waals surface area contributed by atoms with Gasteiger partial charge in [-0.05, 0) is 25.2 Å². The first-order valence-corrected chi connectivity index (χ1v) is 5.44. The lowest BCUT2D eigenvalue weighted by molar-refractivity contribution is -0.160. The molecule has 0 aromatic heterocycles. The van der Waals surface area contributed by atoms with Crippen molar-refractivity contribution < 1.29 is 9.53 Å². The molecule has 2 heteroatoms. The summed E-state index contributed by atoms with van der Waals surface area (Å²) in [4.78, 5) is 11.8. The van der Waals surface area contributed by atoms with Gasteiger partial charge in [-0.15, -0.1) is 0 Å². The Hall–Kier alpha value is -0.530. The summed E-state index contributed by atoms with van der Waals surface area (Å²) in [5.41, 5.74) is -0.360. The Bertz CT molecular complexity index is 196. The van der Waals surface area contributed by atoms with Gasteiger partial charge in [0.2, 0.25) is 0 Å². The van der Waals surface area contributed by atoms with Gasteiger partial charge >= 0.3 is 5.97 Å². The summed E-state index contributed by atoms with van der Waals surface area (Å²) in [6.45, 7) is 10.5. The molecule has 84 valence electrons. The third-order valence-electron chi connectivity index (χ3n) is 3.71. The predicted molar refractivity (Wildman–Crippen MR) is 59.1 cm³/mol. The third-order valence-corrected chi connectivity index (χ3v) is 3.71. The second-order valence-electron chi connectivity index (χ2n) is 4.81. The van der Waals surface area contributed by atoms with Crippen LogP contribution in [-0.2, 0) is 9.53 Å². The molecule has 1 atom stereocenters. The van der Waals surface area contributed by atoms with Crippen molar-refractivity contribution in [1.82, 2.24) is 0 Å². The summed E-state index contributed by atoms with van der Waals surface area (Å²) in [6, 6.07) is 0. The van der Waals surface area contributed by atoms with E-state index in [0.29, 0.717) is 0 Å². The van der Waals surface area contributed by atoms with Gasteiger partial charge in [0.05, 0.1) is 12.5 Å². The molecular weight excluding hydrogens is 176 g/mol. The highest BCUT2D eigenvalue weighted by Crippen LogP contribution is 2.45. The highest BCUT2D eigenvalue weighted by Gasteiger charge is 2.45. The topological polar surface area (TPSA) is 26.3 Å². The second kappa shape index (κ2) is 4.81. The molecule has 0 radical (unpaired) electrons. The van der Waals surface area contributed by atoms with E-state index >= 15 is 0 Å². The first-order chi connectivity index (χ1) is 6.35. The van der Waals surface area contributed by atoms with E-state index in [-0.39, 0.29) is 16.8 Å². The van der Waals surface area contributed by atoms with Crippen molar-refractivity contribution in [3.63, 3.8) is 0 Å². The van der Waals surface area contributed by atoms with Gasteiger partial charge < -0.3 is 4.74 Å². The summed E-state index contributed by atoms with van der Waals surface area (Å²) in [6.07, 6.45) is 2.97. The fraction of sp³-hybridized carbons (Fsp3) is 0.917. The van der Waals surface area contributed by atoms with Crippen LogP contribution in [0.3, 0.4) is 0 Å². The van der Waals surface area contributed by atoms with Crippen LogP contribution < -0.4 is 0 Å². The van der Waals surface area contributed by atoms with Crippen LogP contribution in [0.15, 0.2) is 0 Å². The molecule has 0 saturated heterocycles. The van der Waals surface area contributed by atoms with E-state index in [1.165, 1.54) is 7.11 Å². The van der Waals surface area contributed by atoms with Gasteiger partial charge in [0.1, 0.15) is 0 Å². The Balaban J connectivity index is 4.91. The first kappa shape index (κ1) is 13.5. The van der Waals surface area contributed by atoms with Crippen molar-refractivity contribution in [1.29, 1.82) is 0 Å². The minimum absolute atomic E-state index is 0.00356. The average Bonchev–Trinajstić information content (AvgIpc) is 2.14. The fourth-order valence-electron chi connectivity index (χ4n) is 2.03. The van der Waals surface area contributed by atoms with E-state index in [9.17, 15) is 4.79 Å². The summed E-state index contributed by atoms with van der Waals surface area (Å²) >= 11 is 0. The first-order valence-electron chi connectivity index (χ1n) is 5.44. The van der Waals surface area contributed by atoms with Crippen LogP contribution in [0.5, 0.6) is 0 Å². The van der Waals surface area contributed by atoms with Gasteiger partial charge in [0.25, 0.3) is 0 Å². The van der Waals surface area contributed by atoms with E-state index in [1.54, 1.807) is 0 Å². The molecule has 0 N–H and O–H groups in total. The standard InChI is InChI=1S/C12H24O2/c1-7-9-11(3,4)12(5,8-2)10(13)14-6/h7-9H2,1-6H3. The number of hydrogen-bond acceptors (Lipinski definition) is 2. The van der Waals surface area contributed by atoms with E-state index < -0.39 is 0 Å². The number of ether oxygens (including phenoxy) is 1. The molecule has 0 spiro atoms. The highest BCUT2D eigenvalue weighted by molar-refractivity contribution is 5.77. The van der Waals surface area contributed by atoms with Gasteiger partial charge in [-0.2, -0.15) is 0 Å². The van der Waals surface area contributed by atoms with Gasteiger partial charge in [-0.25, -0.2) is 0 Å². The van der Waals surface area contributed by atoms with Crippen LogP contribution in [-0.4, -0.2) is 13.1 Å². The maximum absolute atomic E-state index is 11.8. The smallest absolute Gasteiger partial charge is 0.312 e. The van der Waals surface area contributed by atoms with Crippen LogP contribution in [0, 0.1) is 10.8 Å². The molecule has 0 heterocycles. The molecule has 0 aromatic rings. The van der Waals surface area contributed by atoms with E-state index in [0.717, 1.165) is 19.3 Å². The Morgan fingerprint density at radius 3 is 2.00 bits per heavy atom. The summed E-state index contributed by atoms with van der Waals surface area (Å²) in [7, 11) is 1.47. The fourth-order valence-corrected chi connectivity index (χ4v) is 2.03. The molecule has 0 aliphatic rings. The lowest BCUT2D eigenvalue weighted by Gasteiger charge is -2.41. The normalized spacial score (nSPS) is 16.1. The van der Waals surface area contributed by atoms with E-state index in [1.807, 2.05) is 13.8 Å². The molecule has 0 aliphatic carbocycles. The molecular formula is C12H24O2. The molecule has 2 nitrogen and oxygen atoms in total. The molecule has 14 heavy (non-hydrogen) atoms. The van der Waals surface area contributed by atoms with Gasteiger partial charge in [0, 0.05) is 0 Å². The number of rotatable bonds is 5. The lowest BCUT2D eigenvalue weighted by atomic mass is 9.63. The summed E-state index contributed by atoms with van der Waals surface area (Å²) < 4.78 is 4.90. The molecule has 0 aromatic carbocycles. The van der Waals surface area contributed by atoms with Crippen molar-refractivity contribution in [2.75, 3.05) is 7.11 Å². The zero-order chi connectivity index (χ0) is 11.4. The number of carbonyl (C=O) groups excluding carboxylic acids is 1. The van der Waals surface area contributed by atoms with Crippen molar-refractivity contribution in [3.8, 4) is 0 Å². The van der Waals surface area contributed by atoms with Crippen LogP contribution >= 0.6 is 0 Å². The largest absolute Gasteiger partial charge is 0.469 e. The highest BCUT2D eigenvalue weighted by atomic mass is 16.5. The average molecular weight is 200 g/mol. The Labute approximate surface area is 88.0 Å². The van der Waals surface area contributed by atoms with Crippen LogP contribution in [0.2, 0.25) is 0 Å². The number of esters is 1. The minimum atomic E-state index is -0.363. The number of carbonyl (C=O) groups is 1. The van der Waals surface area contributed by atoms with Crippen LogP contribution in [0.25, 0.3) is 0 Å². The monoisotopic (exact) mass is 200 g/mol. The summed E-state index contributed by atoms with van der Waals surface area (Å²) in [5, 5.41) is 0. The van der Waals surface area contributed by atoms with Crippen LogP contribution in [0.1, 0.15) is 53.9 Å². The van der Waals surface area contributed by atoms with Crippen molar-refractivity contribution >= 4 is 5.97 Å². The van der Waals surface area contributed by atoms with E-state index in [4.69, 9.17) is 4.74 Å². The maximum atomic E-state index is 11.8. The Kier molecular flexibility index (Phi) is 4.63. The SMILES string of the molecule is CCCC(C)(C)C(C)(CC)C(=O)OC. The Morgan fingerprint density at radius 1 is 1.21 bits per heavy atom. The molecule has 0 rings (SSSR count). The van der Waals surface area contributed by atoms with Gasteiger partial charge in [-0.1, -0.05) is 34.1 Å². The molecule has 0 fully saturated rings. The predicted octanol–water partition coefficient (Wildman–Crippen LogP) is 3.40. The molecule has 0 amide bonds. The molecule has 0 bridgehead atoms. The van der Waals surface area contributed by atoms with Gasteiger partial charge in [0.15, 0.2) is 0 Å². The number of hydrogen-bond donors (Lipinski definition) is 0. The van der Waals surface area contributed by atoms with Crippen LogP contribution in [0.4, 0.5) is 0 Å². The second-order valence-corrected chi connectivity index (χ2v) is 4.81. The quantitative estimate of drug-likeness (QED) is 0.636.